The van der Waals surface area contributed by atoms with Gasteiger partial charge in [0.05, 0.1) is 0 Å². The molecule has 0 aliphatic carbocycles. The van der Waals surface area contributed by atoms with Crippen LogP contribution in [-0.4, -0.2) is 0 Å². The van der Waals surface area contributed by atoms with Crippen LogP contribution in [-0.2, 0) is 12.8 Å². The number of hydrogen-bond donors (Lipinski definition) is 0. The van der Waals surface area contributed by atoms with Crippen LogP contribution >= 0.6 is 0 Å². The highest BCUT2D eigenvalue weighted by Gasteiger charge is 2.15. The van der Waals surface area contributed by atoms with Crippen molar-refractivity contribution in [3.05, 3.63) is 105 Å². The predicted molar refractivity (Wildman–Crippen MR) is 103 cm³/mol. The van der Waals surface area contributed by atoms with Crippen molar-refractivity contribution in [3.63, 3.8) is 0 Å². The first-order valence-electron chi connectivity index (χ1n) is 8.65. The molecule has 0 saturated carbocycles. The van der Waals surface area contributed by atoms with Gasteiger partial charge in [-0.1, -0.05) is 54.6 Å². The second kappa shape index (κ2) is 7.05. The van der Waals surface area contributed by atoms with E-state index in [9.17, 15) is 0 Å². The molecule has 0 heteroatoms. The minimum Gasteiger partial charge on any atom is -0.0622 e. The molecule has 0 aliphatic rings. The quantitative estimate of drug-likeness (QED) is 0.562. The summed E-state index contributed by atoms with van der Waals surface area (Å²) in [5.74, 6) is 0. The van der Waals surface area contributed by atoms with E-state index in [0.29, 0.717) is 0 Å². The highest BCUT2D eigenvalue weighted by molar-refractivity contribution is 5.53. The lowest BCUT2D eigenvalue weighted by Crippen LogP contribution is -2.07. The molecule has 0 atom stereocenters. The second-order valence-corrected chi connectivity index (χ2v) is 6.68. The van der Waals surface area contributed by atoms with E-state index in [0.717, 1.165) is 12.8 Å². The van der Waals surface area contributed by atoms with Crippen molar-refractivity contribution in [1.82, 2.24) is 0 Å². The summed E-state index contributed by atoms with van der Waals surface area (Å²) in [6.07, 6.45) is 1.95. The third-order valence-corrected chi connectivity index (χ3v) is 5.32. The summed E-state index contributed by atoms with van der Waals surface area (Å²) in [7, 11) is 0. The molecule has 0 spiro atoms. The Bertz CT molecular complexity index is 755. The zero-order chi connectivity index (χ0) is 17.1. The molecule has 1 radical (unpaired) electrons. The molecule has 0 saturated heterocycles. The zero-order valence-corrected chi connectivity index (χ0v) is 15.1. The van der Waals surface area contributed by atoms with Gasteiger partial charge in [-0.05, 0) is 91.1 Å². The van der Waals surface area contributed by atoms with Crippen molar-refractivity contribution < 1.29 is 0 Å². The van der Waals surface area contributed by atoms with E-state index in [1.165, 1.54) is 44.5 Å². The van der Waals surface area contributed by atoms with E-state index >= 15 is 0 Å². The Morgan fingerprint density at radius 1 is 0.625 bits per heavy atom. The molecule has 0 nitrogen and oxygen atoms in total. The number of benzene rings is 3. The van der Waals surface area contributed by atoms with E-state index in [1.807, 2.05) is 12.1 Å². The lowest BCUT2D eigenvalue weighted by atomic mass is 9.84. The molecule has 0 aliphatic heterocycles. The Kier molecular flexibility index (Phi) is 4.85. The molecule has 3 rings (SSSR count). The molecule has 3 aromatic rings. The zero-order valence-electron chi connectivity index (χ0n) is 15.1. The molecule has 0 amide bonds. The van der Waals surface area contributed by atoms with E-state index < -0.39 is 0 Å². The normalized spacial score (nSPS) is 10.8. The summed E-state index contributed by atoms with van der Waals surface area (Å²) in [4.78, 5) is 0. The lowest BCUT2D eigenvalue weighted by molar-refractivity contribution is 1.02. The molecule has 0 bridgehead atoms. The largest absolute Gasteiger partial charge is 0.0622 e. The van der Waals surface area contributed by atoms with Gasteiger partial charge in [-0.2, -0.15) is 0 Å². The molecule has 24 heavy (non-hydrogen) atoms. The van der Waals surface area contributed by atoms with Crippen molar-refractivity contribution >= 4 is 0 Å². The van der Waals surface area contributed by atoms with Gasteiger partial charge in [0.15, 0.2) is 0 Å². The Labute approximate surface area is 146 Å². The van der Waals surface area contributed by atoms with Gasteiger partial charge in [0.2, 0.25) is 0 Å². The van der Waals surface area contributed by atoms with Crippen molar-refractivity contribution in [3.8, 4) is 0 Å². The minimum absolute atomic E-state index is 0.955. The van der Waals surface area contributed by atoms with Crippen LogP contribution in [0.2, 0.25) is 0 Å². The topological polar surface area (TPSA) is 0 Å². The Balaban J connectivity index is 2.11. The Morgan fingerprint density at radius 2 is 1.21 bits per heavy atom. The minimum atomic E-state index is 0.955. The monoisotopic (exact) mass is 313 g/mol. The van der Waals surface area contributed by atoms with Crippen molar-refractivity contribution in [2.24, 2.45) is 0 Å². The van der Waals surface area contributed by atoms with E-state index in [4.69, 9.17) is 0 Å². The predicted octanol–water partition coefficient (Wildman–Crippen LogP) is 5.90. The highest BCUT2D eigenvalue weighted by atomic mass is 14.2. The van der Waals surface area contributed by atoms with Crippen LogP contribution in [0.1, 0.15) is 44.5 Å². The van der Waals surface area contributed by atoms with Crippen molar-refractivity contribution in [2.75, 3.05) is 0 Å². The van der Waals surface area contributed by atoms with Gasteiger partial charge in [-0.3, -0.25) is 0 Å². The smallest absolute Gasteiger partial charge is 0.00139 e. The summed E-state index contributed by atoms with van der Waals surface area (Å²) in [5, 5.41) is 0. The molecule has 0 heterocycles. The van der Waals surface area contributed by atoms with Gasteiger partial charge >= 0.3 is 0 Å². The maximum Gasteiger partial charge on any atom is -0.00139 e. The molecule has 3 aromatic carbocycles. The van der Waals surface area contributed by atoms with Gasteiger partial charge in [0.1, 0.15) is 0 Å². The summed E-state index contributed by atoms with van der Waals surface area (Å²) in [5.41, 5.74) is 11.3. The van der Waals surface area contributed by atoms with Crippen molar-refractivity contribution in [1.29, 1.82) is 0 Å². The Hall–Kier alpha value is -2.34. The first-order chi connectivity index (χ1) is 11.6. The standard InChI is InChI=1S/C24H25/c1-17-18(2)20(4)24(16-22-13-9-6-10-14-22)23(19(17)3)15-21-11-7-5-8-12-21/h5-13H,15-16H2,1-4H3. The van der Waals surface area contributed by atoms with E-state index in [1.54, 1.807) is 0 Å². The molecule has 0 fully saturated rings. The van der Waals surface area contributed by atoms with Crippen LogP contribution in [0.25, 0.3) is 0 Å². The number of rotatable bonds is 4. The fourth-order valence-electron chi connectivity index (χ4n) is 3.48. The van der Waals surface area contributed by atoms with Crippen LogP contribution in [0.3, 0.4) is 0 Å². The summed E-state index contributed by atoms with van der Waals surface area (Å²) >= 11 is 0. The van der Waals surface area contributed by atoms with Crippen LogP contribution < -0.4 is 0 Å². The average Bonchev–Trinajstić information content (AvgIpc) is 2.63. The first kappa shape index (κ1) is 16.5. The lowest BCUT2D eigenvalue weighted by Gasteiger charge is -2.21. The van der Waals surface area contributed by atoms with Crippen molar-refractivity contribution in [2.45, 2.75) is 40.5 Å². The third-order valence-electron chi connectivity index (χ3n) is 5.32. The molecule has 0 unspecified atom stereocenters. The molecular formula is C24H25. The summed E-state index contributed by atoms with van der Waals surface area (Å²) in [6.45, 7) is 9.06. The van der Waals surface area contributed by atoms with Crippen LogP contribution in [0.4, 0.5) is 0 Å². The first-order valence-corrected chi connectivity index (χ1v) is 8.65. The van der Waals surface area contributed by atoms with Gasteiger partial charge in [0, 0.05) is 0 Å². The Morgan fingerprint density at radius 3 is 1.79 bits per heavy atom. The van der Waals surface area contributed by atoms with Gasteiger partial charge in [-0.25, -0.2) is 0 Å². The van der Waals surface area contributed by atoms with E-state index in [2.05, 4.69) is 76.2 Å². The average molecular weight is 313 g/mol. The summed E-state index contributed by atoms with van der Waals surface area (Å²) in [6, 6.07) is 22.5. The molecular weight excluding hydrogens is 288 g/mol. The van der Waals surface area contributed by atoms with Crippen LogP contribution in [0, 0.1) is 33.8 Å². The van der Waals surface area contributed by atoms with Gasteiger partial charge < -0.3 is 0 Å². The fourth-order valence-corrected chi connectivity index (χ4v) is 3.48. The molecule has 0 N–H and O–H groups in total. The van der Waals surface area contributed by atoms with Gasteiger partial charge in [0.25, 0.3) is 0 Å². The van der Waals surface area contributed by atoms with Gasteiger partial charge in [-0.15, -0.1) is 0 Å². The fraction of sp³-hybridized carbons (Fsp3) is 0.250. The van der Waals surface area contributed by atoms with Crippen LogP contribution in [0.15, 0.2) is 54.6 Å². The van der Waals surface area contributed by atoms with Crippen LogP contribution in [0.5, 0.6) is 0 Å². The molecule has 0 aromatic heterocycles. The maximum absolute atomic E-state index is 3.39. The third kappa shape index (κ3) is 3.28. The summed E-state index contributed by atoms with van der Waals surface area (Å²) < 4.78 is 0. The highest BCUT2D eigenvalue weighted by Crippen LogP contribution is 2.30. The molecule has 121 valence electrons. The SMILES string of the molecule is Cc1c(C)c(C)c(Cc2ccccc2)c(Cc2[c]cccc2)c1C. The van der Waals surface area contributed by atoms with E-state index in [-0.39, 0.29) is 0 Å². The number of hydrogen-bond acceptors (Lipinski definition) is 0. The second-order valence-electron chi connectivity index (χ2n) is 6.68. The maximum atomic E-state index is 3.39.